The largest absolute Gasteiger partial charge is 0.356 e. The third-order valence-electron chi connectivity index (χ3n) is 2.95. The molecule has 0 aromatic heterocycles. The van der Waals surface area contributed by atoms with Crippen LogP contribution < -0.4 is 10.6 Å². The zero-order chi connectivity index (χ0) is 11.1. The lowest BCUT2D eigenvalue weighted by Crippen LogP contribution is -2.39. The Morgan fingerprint density at radius 1 is 1.31 bits per heavy atom. The topological polar surface area (TPSA) is 36.4 Å². The highest BCUT2D eigenvalue weighted by molar-refractivity contribution is 14.0. The fourth-order valence-electron chi connectivity index (χ4n) is 1.87. The molecule has 1 aliphatic rings. The third-order valence-corrected chi connectivity index (χ3v) is 2.95. The molecule has 2 N–H and O–H groups in total. The summed E-state index contributed by atoms with van der Waals surface area (Å²) in [6, 6.07) is 0.678. The van der Waals surface area contributed by atoms with Crippen molar-refractivity contribution >= 4 is 29.9 Å². The van der Waals surface area contributed by atoms with Crippen LogP contribution in [0.2, 0.25) is 0 Å². The van der Waals surface area contributed by atoms with Gasteiger partial charge in [-0.2, -0.15) is 0 Å². The van der Waals surface area contributed by atoms with Crippen LogP contribution in [0.1, 0.15) is 46.0 Å². The standard InChI is InChI=1S/C12H25N3.HI/c1-4-6-8-14-12(13-3)15-11-9-10(11)7-5-2;/h10-11H,4-9H2,1-3H3,(H2,13,14,15);1H. The average Bonchev–Trinajstić information content (AvgIpc) is 2.96. The summed E-state index contributed by atoms with van der Waals surface area (Å²) in [4.78, 5) is 4.23. The Balaban J connectivity index is 0.00000225. The molecular weight excluding hydrogens is 313 g/mol. The van der Waals surface area contributed by atoms with Gasteiger partial charge in [-0.25, -0.2) is 0 Å². The Labute approximate surface area is 117 Å². The summed E-state index contributed by atoms with van der Waals surface area (Å²) in [6.45, 7) is 5.49. The third kappa shape index (κ3) is 5.92. The molecule has 0 aliphatic heterocycles. The summed E-state index contributed by atoms with van der Waals surface area (Å²) in [5.74, 6) is 1.87. The number of guanidine groups is 1. The van der Waals surface area contributed by atoms with E-state index in [0.29, 0.717) is 6.04 Å². The van der Waals surface area contributed by atoms with Gasteiger partial charge >= 0.3 is 0 Å². The minimum Gasteiger partial charge on any atom is -0.356 e. The average molecular weight is 339 g/mol. The number of aliphatic imine (C=N–C) groups is 1. The van der Waals surface area contributed by atoms with E-state index in [1.165, 1.54) is 32.1 Å². The molecule has 0 spiro atoms. The monoisotopic (exact) mass is 339 g/mol. The van der Waals surface area contributed by atoms with Crippen LogP contribution in [0, 0.1) is 5.92 Å². The first-order valence-corrected chi connectivity index (χ1v) is 6.29. The van der Waals surface area contributed by atoms with Crippen molar-refractivity contribution in [3.8, 4) is 0 Å². The van der Waals surface area contributed by atoms with Crippen molar-refractivity contribution < 1.29 is 0 Å². The molecule has 1 saturated carbocycles. The molecule has 0 radical (unpaired) electrons. The molecule has 0 bridgehead atoms. The lowest BCUT2D eigenvalue weighted by atomic mass is 10.2. The molecule has 0 heterocycles. The molecule has 96 valence electrons. The number of hydrogen-bond donors (Lipinski definition) is 2. The van der Waals surface area contributed by atoms with Gasteiger partial charge in [-0.05, 0) is 25.2 Å². The van der Waals surface area contributed by atoms with Crippen molar-refractivity contribution in [3.63, 3.8) is 0 Å². The highest BCUT2D eigenvalue weighted by atomic mass is 127. The van der Waals surface area contributed by atoms with E-state index >= 15 is 0 Å². The van der Waals surface area contributed by atoms with Gasteiger partial charge in [0.2, 0.25) is 0 Å². The van der Waals surface area contributed by atoms with E-state index in [9.17, 15) is 0 Å². The van der Waals surface area contributed by atoms with Crippen molar-refractivity contribution in [2.75, 3.05) is 13.6 Å². The van der Waals surface area contributed by atoms with Crippen LogP contribution in [0.4, 0.5) is 0 Å². The number of hydrogen-bond acceptors (Lipinski definition) is 1. The van der Waals surface area contributed by atoms with Gasteiger partial charge in [0.05, 0.1) is 0 Å². The maximum Gasteiger partial charge on any atom is 0.191 e. The second-order valence-corrected chi connectivity index (χ2v) is 4.39. The van der Waals surface area contributed by atoms with Crippen LogP contribution in [-0.2, 0) is 0 Å². The van der Waals surface area contributed by atoms with E-state index in [1.54, 1.807) is 0 Å². The fourth-order valence-corrected chi connectivity index (χ4v) is 1.87. The van der Waals surface area contributed by atoms with Gasteiger partial charge in [0, 0.05) is 19.6 Å². The number of nitrogens with one attached hydrogen (secondary N) is 2. The van der Waals surface area contributed by atoms with Crippen LogP contribution in [0.15, 0.2) is 4.99 Å². The Morgan fingerprint density at radius 2 is 2.06 bits per heavy atom. The minimum absolute atomic E-state index is 0. The maximum atomic E-state index is 4.23. The molecule has 1 fully saturated rings. The van der Waals surface area contributed by atoms with Crippen molar-refractivity contribution in [1.29, 1.82) is 0 Å². The lowest BCUT2D eigenvalue weighted by molar-refractivity contribution is 0.651. The molecule has 2 unspecified atom stereocenters. The predicted octanol–water partition coefficient (Wildman–Crippen LogP) is 2.76. The molecule has 0 saturated heterocycles. The minimum atomic E-state index is 0. The Bertz CT molecular complexity index is 206. The Hall–Kier alpha value is 0. The Kier molecular flexibility index (Phi) is 9.07. The van der Waals surface area contributed by atoms with Crippen LogP contribution in [0.25, 0.3) is 0 Å². The second kappa shape index (κ2) is 9.07. The molecule has 0 aromatic carbocycles. The van der Waals surface area contributed by atoms with E-state index in [1.807, 2.05) is 7.05 Å². The number of rotatable bonds is 6. The molecule has 3 nitrogen and oxygen atoms in total. The molecule has 2 atom stereocenters. The van der Waals surface area contributed by atoms with E-state index in [4.69, 9.17) is 0 Å². The van der Waals surface area contributed by atoms with Gasteiger partial charge in [0.1, 0.15) is 0 Å². The first-order chi connectivity index (χ1) is 7.31. The van der Waals surface area contributed by atoms with Crippen LogP contribution in [0.5, 0.6) is 0 Å². The van der Waals surface area contributed by atoms with E-state index < -0.39 is 0 Å². The molecule has 0 aromatic rings. The van der Waals surface area contributed by atoms with Gasteiger partial charge in [-0.1, -0.05) is 26.7 Å². The molecule has 0 amide bonds. The number of unbranched alkanes of at least 4 members (excludes halogenated alkanes) is 1. The van der Waals surface area contributed by atoms with Gasteiger partial charge < -0.3 is 10.6 Å². The first-order valence-electron chi connectivity index (χ1n) is 6.29. The van der Waals surface area contributed by atoms with Crippen LogP contribution >= 0.6 is 24.0 Å². The summed E-state index contributed by atoms with van der Waals surface area (Å²) in [6.07, 6.45) is 6.41. The summed E-state index contributed by atoms with van der Waals surface area (Å²) in [5, 5.41) is 6.82. The van der Waals surface area contributed by atoms with Gasteiger partial charge in [-0.3, -0.25) is 4.99 Å². The highest BCUT2D eigenvalue weighted by Crippen LogP contribution is 2.34. The Morgan fingerprint density at radius 3 is 2.62 bits per heavy atom. The fraction of sp³-hybridized carbons (Fsp3) is 0.917. The summed E-state index contributed by atoms with van der Waals surface area (Å²) >= 11 is 0. The lowest BCUT2D eigenvalue weighted by Gasteiger charge is -2.11. The number of nitrogens with zero attached hydrogens (tertiary/aromatic N) is 1. The van der Waals surface area contributed by atoms with Gasteiger partial charge in [-0.15, -0.1) is 24.0 Å². The van der Waals surface area contributed by atoms with E-state index in [2.05, 4.69) is 29.5 Å². The predicted molar refractivity (Wildman–Crippen MR) is 81.6 cm³/mol. The van der Waals surface area contributed by atoms with Crippen LogP contribution in [-0.4, -0.2) is 25.6 Å². The zero-order valence-corrected chi connectivity index (χ0v) is 13.1. The maximum absolute atomic E-state index is 4.23. The van der Waals surface area contributed by atoms with Crippen LogP contribution in [0.3, 0.4) is 0 Å². The van der Waals surface area contributed by atoms with Crippen molar-refractivity contribution in [3.05, 3.63) is 0 Å². The summed E-state index contributed by atoms with van der Waals surface area (Å²) in [7, 11) is 1.85. The van der Waals surface area contributed by atoms with Gasteiger partial charge in [0.15, 0.2) is 5.96 Å². The van der Waals surface area contributed by atoms with Crippen molar-refractivity contribution in [1.82, 2.24) is 10.6 Å². The SMILES string of the molecule is CCCCNC(=NC)NC1CC1CCC.I. The number of halogens is 1. The molecule has 16 heavy (non-hydrogen) atoms. The normalized spacial score (nSPS) is 23.6. The molecule has 4 heteroatoms. The quantitative estimate of drug-likeness (QED) is 0.338. The molecular formula is C12H26IN3. The van der Waals surface area contributed by atoms with Gasteiger partial charge in [0.25, 0.3) is 0 Å². The first kappa shape index (κ1) is 16.0. The highest BCUT2D eigenvalue weighted by Gasteiger charge is 2.36. The summed E-state index contributed by atoms with van der Waals surface area (Å²) in [5.41, 5.74) is 0. The summed E-state index contributed by atoms with van der Waals surface area (Å²) < 4.78 is 0. The second-order valence-electron chi connectivity index (χ2n) is 4.39. The zero-order valence-electron chi connectivity index (χ0n) is 10.8. The van der Waals surface area contributed by atoms with E-state index in [0.717, 1.165) is 18.4 Å². The smallest absolute Gasteiger partial charge is 0.191 e. The van der Waals surface area contributed by atoms with Crippen molar-refractivity contribution in [2.24, 2.45) is 10.9 Å². The molecule has 1 aliphatic carbocycles. The van der Waals surface area contributed by atoms with E-state index in [-0.39, 0.29) is 24.0 Å². The molecule has 1 rings (SSSR count). The van der Waals surface area contributed by atoms with Crippen molar-refractivity contribution in [2.45, 2.75) is 52.0 Å².